The molecule has 1 heterocycles. The molecule has 0 aliphatic carbocycles. The molecule has 18 heavy (non-hydrogen) atoms. The van der Waals surface area contributed by atoms with Gasteiger partial charge in [0, 0.05) is 6.42 Å². The van der Waals surface area contributed by atoms with Crippen molar-refractivity contribution in [2.75, 3.05) is 13.1 Å². The van der Waals surface area contributed by atoms with Crippen molar-refractivity contribution in [1.29, 1.82) is 0 Å². The molecule has 1 aliphatic heterocycles. The van der Waals surface area contributed by atoms with E-state index in [-0.39, 0.29) is 30.8 Å². The number of nitrogens with zero attached hydrogens (tertiary/aromatic N) is 1. The highest BCUT2D eigenvalue weighted by atomic mass is 16.4. The number of carbonyl (C=O) groups is 3. The smallest absolute Gasteiger partial charge is 0.303 e. The van der Waals surface area contributed by atoms with Crippen LogP contribution in [-0.2, 0) is 14.4 Å². The Kier molecular flexibility index (Phi) is 5.77. The summed E-state index contributed by atoms with van der Waals surface area (Å²) >= 11 is 0. The van der Waals surface area contributed by atoms with Crippen LogP contribution in [0.15, 0.2) is 0 Å². The molecule has 1 fully saturated rings. The van der Waals surface area contributed by atoms with Crippen LogP contribution < -0.4 is 5.32 Å². The first kappa shape index (κ1) is 14.6. The van der Waals surface area contributed by atoms with Gasteiger partial charge in [0.05, 0.1) is 12.6 Å². The van der Waals surface area contributed by atoms with Crippen LogP contribution >= 0.6 is 0 Å². The Balaban J connectivity index is 2.32. The summed E-state index contributed by atoms with van der Waals surface area (Å²) in [5.41, 5.74) is 0. The minimum Gasteiger partial charge on any atom is -0.481 e. The summed E-state index contributed by atoms with van der Waals surface area (Å²) in [6, 6.07) is -0.234. The van der Waals surface area contributed by atoms with Crippen LogP contribution in [0, 0.1) is 0 Å². The number of amides is 2. The van der Waals surface area contributed by atoms with Crippen LogP contribution in [0.4, 0.5) is 0 Å². The summed E-state index contributed by atoms with van der Waals surface area (Å²) < 4.78 is 0. The highest BCUT2D eigenvalue weighted by molar-refractivity contribution is 6.01. The fraction of sp³-hybridized carbons (Fsp3) is 0.750. The normalized spacial score (nSPS) is 20.8. The summed E-state index contributed by atoms with van der Waals surface area (Å²) in [7, 11) is 0. The van der Waals surface area contributed by atoms with Crippen molar-refractivity contribution in [3.63, 3.8) is 0 Å². The maximum absolute atomic E-state index is 11.6. The van der Waals surface area contributed by atoms with Crippen molar-refractivity contribution in [2.45, 2.75) is 45.1 Å². The summed E-state index contributed by atoms with van der Waals surface area (Å²) in [6.07, 6.45) is 3.10. The number of hydrogen-bond donors (Lipinski definition) is 2. The average Bonchev–Trinajstić information content (AvgIpc) is 2.27. The molecule has 1 saturated heterocycles. The van der Waals surface area contributed by atoms with Gasteiger partial charge in [-0.1, -0.05) is 13.3 Å². The van der Waals surface area contributed by atoms with Gasteiger partial charge in [-0.25, -0.2) is 0 Å². The average molecular weight is 256 g/mol. The standard InChI is InChI=1S/C12H20N2O4/c1-2-9-12(18)13-10(15)8-14(9)7-5-3-4-6-11(16)17/h9H,2-8H2,1H3,(H,16,17)(H,13,15,18). The second-order valence-corrected chi connectivity index (χ2v) is 4.51. The molecule has 1 rings (SSSR count). The third-order valence-electron chi connectivity index (χ3n) is 3.08. The number of imide groups is 1. The van der Waals surface area contributed by atoms with Crippen LogP contribution in [0.25, 0.3) is 0 Å². The SMILES string of the molecule is CCC1C(=O)NC(=O)CN1CCCCCC(=O)O. The number of carboxylic acid groups (broad SMARTS) is 1. The Labute approximate surface area is 106 Å². The molecule has 0 aromatic rings. The lowest BCUT2D eigenvalue weighted by atomic mass is 10.1. The van der Waals surface area contributed by atoms with Gasteiger partial charge in [0.1, 0.15) is 0 Å². The first-order chi connectivity index (χ1) is 8.54. The molecule has 0 aromatic carbocycles. The topological polar surface area (TPSA) is 86.7 Å². The molecule has 1 aliphatic rings. The zero-order valence-corrected chi connectivity index (χ0v) is 10.6. The lowest BCUT2D eigenvalue weighted by Gasteiger charge is -2.33. The Bertz CT molecular complexity index is 330. The lowest BCUT2D eigenvalue weighted by molar-refractivity contribution is -0.140. The monoisotopic (exact) mass is 256 g/mol. The van der Waals surface area contributed by atoms with Crippen LogP contribution in [0.3, 0.4) is 0 Å². The number of rotatable bonds is 7. The van der Waals surface area contributed by atoms with E-state index in [1.807, 2.05) is 11.8 Å². The minimum atomic E-state index is -0.783. The van der Waals surface area contributed by atoms with Gasteiger partial charge in [-0.05, 0) is 25.8 Å². The summed E-state index contributed by atoms with van der Waals surface area (Å²) in [5, 5.41) is 10.8. The summed E-state index contributed by atoms with van der Waals surface area (Å²) in [6.45, 7) is 2.83. The van der Waals surface area contributed by atoms with Crippen molar-refractivity contribution in [2.24, 2.45) is 0 Å². The van der Waals surface area contributed by atoms with E-state index in [0.717, 1.165) is 12.8 Å². The molecule has 6 nitrogen and oxygen atoms in total. The Morgan fingerprint density at radius 3 is 2.72 bits per heavy atom. The summed E-state index contributed by atoms with van der Waals surface area (Å²) in [4.78, 5) is 35.1. The second kappa shape index (κ2) is 7.10. The fourth-order valence-electron chi connectivity index (χ4n) is 2.17. The van der Waals surface area contributed by atoms with Crippen LogP contribution in [0.1, 0.15) is 39.0 Å². The molecule has 0 bridgehead atoms. The predicted molar refractivity (Wildman–Crippen MR) is 64.9 cm³/mol. The van der Waals surface area contributed by atoms with Gasteiger partial charge in [-0.15, -0.1) is 0 Å². The van der Waals surface area contributed by atoms with Crippen molar-refractivity contribution < 1.29 is 19.5 Å². The van der Waals surface area contributed by atoms with E-state index in [9.17, 15) is 14.4 Å². The number of nitrogens with one attached hydrogen (secondary N) is 1. The second-order valence-electron chi connectivity index (χ2n) is 4.51. The maximum Gasteiger partial charge on any atom is 0.303 e. The molecule has 2 N–H and O–H groups in total. The lowest BCUT2D eigenvalue weighted by Crippen LogP contribution is -2.57. The van der Waals surface area contributed by atoms with Crippen LogP contribution in [0.5, 0.6) is 0 Å². The van der Waals surface area contributed by atoms with Crippen LogP contribution in [0.2, 0.25) is 0 Å². The van der Waals surface area contributed by atoms with Crippen LogP contribution in [-0.4, -0.2) is 46.9 Å². The van der Waals surface area contributed by atoms with Gasteiger partial charge in [0.2, 0.25) is 11.8 Å². The van der Waals surface area contributed by atoms with E-state index in [0.29, 0.717) is 19.4 Å². The quantitative estimate of drug-likeness (QED) is 0.507. The third kappa shape index (κ3) is 4.44. The molecule has 0 spiro atoms. The number of piperazine rings is 1. The number of carbonyl (C=O) groups excluding carboxylic acids is 2. The first-order valence-electron chi connectivity index (χ1n) is 6.34. The molecule has 0 radical (unpaired) electrons. The van der Waals surface area contributed by atoms with Gasteiger partial charge in [-0.3, -0.25) is 24.6 Å². The van der Waals surface area contributed by atoms with Crippen molar-refractivity contribution in [3.8, 4) is 0 Å². The third-order valence-corrected chi connectivity index (χ3v) is 3.08. The molecule has 1 unspecified atom stereocenters. The van der Waals surface area contributed by atoms with E-state index in [2.05, 4.69) is 5.32 Å². The number of carboxylic acids is 1. The van der Waals surface area contributed by atoms with Gasteiger partial charge in [0.15, 0.2) is 0 Å². The van der Waals surface area contributed by atoms with Gasteiger partial charge in [0.25, 0.3) is 0 Å². The van der Waals surface area contributed by atoms with E-state index in [1.54, 1.807) is 0 Å². The van der Waals surface area contributed by atoms with Gasteiger partial charge in [-0.2, -0.15) is 0 Å². The number of hydrogen-bond acceptors (Lipinski definition) is 4. The zero-order valence-electron chi connectivity index (χ0n) is 10.6. The Morgan fingerprint density at radius 1 is 1.39 bits per heavy atom. The van der Waals surface area contributed by atoms with Gasteiger partial charge >= 0.3 is 5.97 Å². The Hall–Kier alpha value is -1.43. The molecule has 6 heteroatoms. The van der Waals surface area contributed by atoms with Gasteiger partial charge < -0.3 is 5.11 Å². The molecule has 102 valence electrons. The minimum absolute atomic E-state index is 0.177. The molecular weight excluding hydrogens is 236 g/mol. The highest BCUT2D eigenvalue weighted by Crippen LogP contribution is 2.11. The van der Waals surface area contributed by atoms with Crippen molar-refractivity contribution >= 4 is 17.8 Å². The molecule has 0 saturated carbocycles. The molecule has 1 atom stereocenters. The Morgan fingerprint density at radius 2 is 2.11 bits per heavy atom. The number of unbranched alkanes of at least 4 members (excludes halogenated alkanes) is 2. The molecular formula is C12H20N2O4. The first-order valence-corrected chi connectivity index (χ1v) is 6.34. The molecule has 2 amide bonds. The fourth-order valence-corrected chi connectivity index (χ4v) is 2.17. The van der Waals surface area contributed by atoms with Crippen molar-refractivity contribution in [1.82, 2.24) is 10.2 Å². The van der Waals surface area contributed by atoms with Crippen molar-refractivity contribution in [3.05, 3.63) is 0 Å². The highest BCUT2D eigenvalue weighted by Gasteiger charge is 2.31. The predicted octanol–water partition coefficient (Wildman–Crippen LogP) is 0.368. The largest absolute Gasteiger partial charge is 0.481 e. The number of aliphatic carboxylic acids is 1. The maximum atomic E-state index is 11.6. The van der Waals surface area contributed by atoms with E-state index >= 15 is 0 Å². The van der Waals surface area contributed by atoms with E-state index < -0.39 is 5.97 Å². The molecule has 0 aromatic heterocycles. The van der Waals surface area contributed by atoms with E-state index in [1.165, 1.54) is 0 Å². The zero-order chi connectivity index (χ0) is 13.5. The van der Waals surface area contributed by atoms with E-state index in [4.69, 9.17) is 5.11 Å². The summed E-state index contributed by atoms with van der Waals surface area (Å²) in [5.74, 6) is -1.26.